The molecule has 2 aromatic carbocycles. The van der Waals surface area contributed by atoms with Gasteiger partial charge in [-0.25, -0.2) is 13.6 Å². The molecule has 0 aliphatic carbocycles. The molecule has 9 nitrogen and oxygen atoms in total. The average molecular weight is 470 g/mol. The second kappa shape index (κ2) is 9.79. The van der Waals surface area contributed by atoms with Gasteiger partial charge in [-0.3, -0.25) is 4.79 Å². The predicted octanol–water partition coefficient (Wildman–Crippen LogP) is 1.39. The minimum atomic E-state index is -3.94. The second-order valence-corrected chi connectivity index (χ2v) is 9.68. The van der Waals surface area contributed by atoms with E-state index in [1.54, 1.807) is 23.1 Å². The number of nitrogens with zero attached hydrogens (tertiary/aromatic N) is 4. The van der Waals surface area contributed by atoms with Gasteiger partial charge in [-0.15, -0.1) is 0 Å². The smallest absolute Gasteiger partial charge is 0.256 e. The number of sulfonamides is 1. The van der Waals surface area contributed by atoms with Gasteiger partial charge in [-0.2, -0.15) is 5.26 Å². The Kier molecular flexibility index (Phi) is 6.83. The summed E-state index contributed by atoms with van der Waals surface area (Å²) < 4.78 is 29.4. The van der Waals surface area contributed by atoms with E-state index >= 15 is 0 Å². The standard InChI is InChI=1S/C23H27N5O4S/c24-17-18-2-4-19(5-3-18)26-8-1-9-28(11-10-26)23(29)21-16-20(33(25,30)31)6-7-22(21)27-12-14-32-15-13-27/h2-7,16H,1,8-15H2,(H2,25,30,31). The van der Waals surface area contributed by atoms with Crippen molar-refractivity contribution in [1.29, 1.82) is 5.26 Å². The molecule has 0 saturated carbocycles. The van der Waals surface area contributed by atoms with E-state index in [1.807, 2.05) is 17.0 Å². The molecule has 2 aliphatic heterocycles. The summed E-state index contributed by atoms with van der Waals surface area (Å²) in [5, 5.41) is 14.4. The summed E-state index contributed by atoms with van der Waals surface area (Å²) in [5.74, 6) is -0.205. The van der Waals surface area contributed by atoms with Gasteiger partial charge in [-0.1, -0.05) is 0 Å². The van der Waals surface area contributed by atoms with Crippen LogP contribution in [0.25, 0.3) is 0 Å². The van der Waals surface area contributed by atoms with Gasteiger partial charge < -0.3 is 19.4 Å². The Morgan fingerprint density at radius 2 is 1.67 bits per heavy atom. The summed E-state index contributed by atoms with van der Waals surface area (Å²) in [6.07, 6.45) is 0.771. The fraction of sp³-hybridized carbons (Fsp3) is 0.391. The molecule has 0 atom stereocenters. The Bertz CT molecular complexity index is 1150. The maximum atomic E-state index is 13.6. The highest BCUT2D eigenvalue weighted by molar-refractivity contribution is 7.89. The van der Waals surface area contributed by atoms with Crippen LogP contribution in [-0.4, -0.2) is 71.7 Å². The first kappa shape index (κ1) is 23.0. The van der Waals surface area contributed by atoms with Crippen molar-refractivity contribution in [3.63, 3.8) is 0 Å². The van der Waals surface area contributed by atoms with E-state index in [1.165, 1.54) is 12.1 Å². The van der Waals surface area contributed by atoms with Crippen molar-refractivity contribution < 1.29 is 17.9 Å². The number of hydrogen-bond donors (Lipinski definition) is 1. The summed E-state index contributed by atoms with van der Waals surface area (Å²) >= 11 is 0. The third kappa shape index (κ3) is 5.27. The summed E-state index contributed by atoms with van der Waals surface area (Å²) in [6, 6.07) is 14.0. The highest BCUT2D eigenvalue weighted by Gasteiger charge is 2.26. The molecule has 10 heteroatoms. The minimum Gasteiger partial charge on any atom is -0.378 e. The van der Waals surface area contributed by atoms with E-state index < -0.39 is 10.0 Å². The van der Waals surface area contributed by atoms with Gasteiger partial charge in [0.05, 0.1) is 35.3 Å². The zero-order chi connectivity index (χ0) is 23.4. The Morgan fingerprint density at radius 1 is 0.939 bits per heavy atom. The first-order valence-electron chi connectivity index (χ1n) is 10.9. The monoisotopic (exact) mass is 469 g/mol. The molecule has 0 unspecified atom stereocenters. The van der Waals surface area contributed by atoms with Gasteiger partial charge >= 0.3 is 0 Å². The summed E-state index contributed by atoms with van der Waals surface area (Å²) in [6.45, 7) is 4.84. The van der Waals surface area contributed by atoms with Crippen molar-refractivity contribution in [1.82, 2.24) is 4.90 Å². The molecule has 1 amide bonds. The molecular weight excluding hydrogens is 442 g/mol. The molecule has 0 aromatic heterocycles. The van der Waals surface area contributed by atoms with Crippen molar-refractivity contribution in [3.05, 3.63) is 53.6 Å². The third-order valence-corrected chi connectivity index (χ3v) is 6.93. The molecule has 33 heavy (non-hydrogen) atoms. The lowest BCUT2D eigenvalue weighted by molar-refractivity contribution is 0.0766. The number of carbonyl (C=O) groups is 1. The van der Waals surface area contributed by atoms with Crippen molar-refractivity contribution in [2.75, 3.05) is 62.3 Å². The highest BCUT2D eigenvalue weighted by Crippen LogP contribution is 2.27. The van der Waals surface area contributed by atoms with Gasteiger partial charge in [0.25, 0.3) is 5.91 Å². The summed E-state index contributed by atoms with van der Waals surface area (Å²) in [5.41, 5.74) is 2.66. The number of amides is 1. The molecule has 2 heterocycles. The van der Waals surface area contributed by atoms with Gasteiger partial charge in [0.2, 0.25) is 10.0 Å². The Balaban J connectivity index is 1.57. The number of nitriles is 1. The van der Waals surface area contributed by atoms with Crippen LogP contribution in [0.5, 0.6) is 0 Å². The largest absolute Gasteiger partial charge is 0.378 e. The number of rotatable bonds is 4. The number of primary sulfonamides is 1. The Hall–Kier alpha value is -3.13. The van der Waals surface area contributed by atoms with Crippen LogP contribution in [0.4, 0.5) is 11.4 Å². The average Bonchev–Trinajstić information content (AvgIpc) is 3.10. The molecule has 0 bridgehead atoms. The lowest BCUT2D eigenvalue weighted by atomic mass is 10.1. The van der Waals surface area contributed by atoms with Crippen molar-refractivity contribution in [2.24, 2.45) is 5.14 Å². The number of ether oxygens (including phenoxy) is 1. The number of morpholine rings is 1. The van der Waals surface area contributed by atoms with E-state index in [0.717, 1.165) is 18.7 Å². The van der Waals surface area contributed by atoms with Gasteiger partial charge in [-0.05, 0) is 48.9 Å². The summed E-state index contributed by atoms with van der Waals surface area (Å²) in [4.78, 5) is 19.5. The molecule has 2 N–H and O–H groups in total. The number of carbonyl (C=O) groups excluding carboxylic acids is 1. The molecule has 4 rings (SSSR count). The van der Waals surface area contributed by atoms with E-state index in [2.05, 4.69) is 11.0 Å². The minimum absolute atomic E-state index is 0.0723. The van der Waals surface area contributed by atoms with Crippen LogP contribution in [0.1, 0.15) is 22.3 Å². The van der Waals surface area contributed by atoms with Gasteiger partial charge in [0, 0.05) is 50.6 Å². The quantitative estimate of drug-likeness (QED) is 0.719. The highest BCUT2D eigenvalue weighted by atomic mass is 32.2. The van der Waals surface area contributed by atoms with Crippen LogP contribution in [0.3, 0.4) is 0 Å². The summed E-state index contributed by atoms with van der Waals surface area (Å²) in [7, 11) is -3.94. The van der Waals surface area contributed by atoms with Crippen LogP contribution in [0, 0.1) is 11.3 Å². The fourth-order valence-electron chi connectivity index (χ4n) is 4.24. The fourth-order valence-corrected chi connectivity index (χ4v) is 4.78. The maximum Gasteiger partial charge on any atom is 0.256 e. The third-order valence-electron chi connectivity index (χ3n) is 6.02. The van der Waals surface area contributed by atoms with Crippen LogP contribution < -0.4 is 14.9 Å². The predicted molar refractivity (Wildman–Crippen MR) is 125 cm³/mol. The van der Waals surface area contributed by atoms with Crippen molar-refractivity contribution in [2.45, 2.75) is 11.3 Å². The number of anilines is 2. The molecule has 2 aliphatic rings. The topological polar surface area (TPSA) is 120 Å². The van der Waals surface area contributed by atoms with Crippen LogP contribution in [0.15, 0.2) is 47.4 Å². The van der Waals surface area contributed by atoms with Gasteiger partial charge in [0.1, 0.15) is 0 Å². The number of nitrogens with two attached hydrogens (primary N) is 1. The molecule has 0 spiro atoms. The zero-order valence-corrected chi connectivity index (χ0v) is 19.1. The van der Waals surface area contributed by atoms with E-state index in [4.69, 9.17) is 15.1 Å². The second-order valence-electron chi connectivity index (χ2n) is 8.11. The van der Waals surface area contributed by atoms with Crippen LogP contribution >= 0.6 is 0 Å². The first-order valence-corrected chi connectivity index (χ1v) is 12.5. The molecule has 174 valence electrons. The van der Waals surface area contributed by atoms with Gasteiger partial charge in [0.15, 0.2) is 0 Å². The van der Waals surface area contributed by atoms with Crippen LogP contribution in [-0.2, 0) is 14.8 Å². The molecule has 2 aromatic rings. The number of hydrogen-bond acceptors (Lipinski definition) is 7. The molecular formula is C23H27N5O4S. The maximum absolute atomic E-state index is 13.6. The van der Waals surface area contributed by atoms with E-state index in [-0.39, 0.29) is 10.8 Å². The lowest BCUT2D eigenvalue weighted by Crippen LogP contribution is -2.39. The Morgan fingerprint density at radius 3 is 2.33 bits per heavy atom. The first-order chi connectivity index (χ1) is 15.9. The lowest BCUT2D eigenvalue weighted by Gasteiger charge is -2.31. The Labute approximate surface area is 194 Å². The zero-order valence-electron chi connectivity index (χ0n) is 18.3. The van der Waals surface area contributed by atoms with E-state index in [0.29, 0.717) is 62.8 Å². The molecule has 0 radical (unpaired) electrons. The molecule has 2 fully saturated rings. The van der Waals surface area contributed by atoms with Crippen LogP contribution in [0.2, 0.25) is 0 Å². The SMILES string of the molecule is N#Cc1ccc(N2CCCN(C(=O)c3cc(S(N)(=O)=O)ccc3N3CCOCC3)CC2)cc1. The van der Waals surface area contributed by atoms with Crippen molar-refractivity contribution in [3.8, 4) is 6.07 Å². The molecule has 2 saturated heterocycles. The van der Waals surface area contributed by atoms with Crippen molar-refractivity contribution >= 4 is 27.3 Å². The normalized spacial score (nSPS) is 17.4. The van der Waals surface area contributed by atoms with E-state index in [9.17, 15) is 13.2 Å². The number of benzene rings is 2.